The van der Waals surface area contributed by atoms with Crippen LogP contribution in [0.5, 0.6) is 0 Å². The highest BCUT2D eigenvalue weighted by molar-refractivity contribution is 6.31. The molecule has 1 aliphatic rings. The molecule has 1 aliphatic carbocycles. The third-order valence-corrected chi connectivity index (χ3v) is 4.29. The number of hydrogen-bond acceptors (Lipinski definition) is 2. The number of carbonyl (C=O) groups is 2. The number of amides is 1. The van der Waals surface area contributed by atoms with Gasteiger partial charge in [-0.3, -0.25) is 4.79 Å². The van der Waals surface area contributed by atoms with Gasteiger partial charge in [-0.25, -0.2) is 4.79 Å². The highest BCUT2D eigenvalue weighted by atomic mass is 35.5. The topological polar surface area (TPSA) is 66.4 Å². The summed E-state index contributed by atoms with van der Waals surface area (Å²) in [5.41, 5.74) is 0.417. The minimum atomic E-state index is -1.10. The Hall–Kier alpha value is -1.55. The van der Waals surface area contributed by atoms with Crippen LogP contribution in [-0.2, 0) is 9.59 Å². The van der Waals surface area contributed by atoms with Crippen molar-refractivity contribution in [2.24, 2.45) is 11.8 Å². The summed E-state index contributed by atoms with van der Waals surface area (Å²) in [5, 5.41) is 12.3. The van der Waals surface area contributed by atoms with Crippen LogP contribution in [0, 0.1) is 11.8 Å². The zero-order chi connectivity index (χ0) is 14.7. The molecule has 2 N–H and O–H groups in total. The molecule has 0 aliphatic heterocycles. The lowest BCUT2D eigenvalue weighted by Gasteiger charge is -2.20. The second-order valence-electron chi connectivity index (χ2n) is 5.32. The number of halogens is 1. The van der Waals surface area contributed by atoms with Crippen molar-refractivity contribution in [3.8, 4) is 0 Å². The predicted octanol–water partition coefficient (Wildman–Crippen LogP) is 3.02. The molecule has 1 amide bonds. The Balaban J connectivity index is 2.16. The first-order valence-corrected chi connectivity index (χ1v) is 7.16. The average Bonchev–Trinajstić information content (AvgIpc) is 2.83. The van der Waals surface area contributed by atoms with E-state index in [0.29, 0.717) is 16.5 Å². The van der Waals surface area contributed by atoms with E-state index >= 15 is 0 Å². The molecule has 0 radical (unpaired) electrons. The number of carboxylic acid groups (broad SMARTS) is 1. The maximum atomic E-state index is 12.2. The Morgan fingerprint density at radius 3 is 2.60 bits per heavy atom. The van der Waals surface area contributed by atoms with Crippen LogP contribution in [0.1, 0.15) is 37.8 Å². The molecule has 108 valence electrons. The van der Waals surface area contributed by atoms with E-state index in [1.165, 1.54) is 0 Å². The molecule has 1 aromatic carbocycles. The Labute approximate surface area is 123 Å². The molecule has 0 aromatic heterocycles. The van der Waals surface area contributed by atoms with Gasteiger partial charge in [-0.2, -0.15) is 0 Å². The van der Waals surface area contributed by atoms with Crippen molar-refractivity contribution in [1.82, 2.24) is 5.32 Å². The fraction of sp³-hybridized carbons (Fsp3) is 0.467. The fourth-order valence-electron chi connectivity index (χ4n) is 2.77. The zero-order valence-electron chi connectivity index (χ0n) is 11.3. The largest absolute Gasteiger partial charge is 0.479 e. The van der Waals surface area contributed by atoms with E-state index in [4.69, 9.17) is 11.6 Å². The van der Waals surface area contributed by atoms with Gasteiger partial charge in [-0.15, -0.1) is 0 Å². The van der Waals surface area contributed by atoms with Gasteiger partial charge >= 0.3 is 5.97 Å². The van der Waals surface area contributed by atoms with Crippen LogP contribution in [0.15, 0.2) is 24.3 Å². The Bertz CT molecular complexity index is 518. The number of hydrogen-bond donors (Lipinski definition) is 2. The first kappa shape index (κ1) is 14.9. The monoisotopic (exact) mass is 295 g/mol. The number of rotatable bonds is 4. The summed E-state index contributed by atoms with van der Waals surface area (Å²) in [6.45, 7) is 2.03. The third kappa shape index (κ3) is 3.12. The SMILES string of the molecule is CC1CCCC1C(=O)N[C@@H](C(=O)O)c1ccccc1Cl. The van der Waals surface area contributed by atoms with Gasteiger partial charge < -0.3 is 10.4 Å². The van der Waals surface area contributed by atoms with Crippen LogP contribution in [0.2, 0.25) is 5.02 Å². The fourth-order valence-corrected chi connectivity index (χ4v) is 3.01. The standard InChI is InChI=1S/C15H18ClNO3/c1-9-5-4-7-10(9)14(18)17-13(15(19)20)11-6-2-3-8-12(11)16/h2-3,6,8-10,13H,4-5,7H2,1H3,(H,17,18)(H,19,20)/t9?,10?,13-/m1/s1. The first-order valence-electron chi connectivity index (χ1n) is 6.78. The van der Waals surface area contributed by atoms with Gasteiger partial charge in [0.2, 0.25) is 5.91 Å². The second kappa shape index (κ2) is 6.27. The lowest BCUT2D eigenvalue weighted by atomic mass is 9.96. The molecule has 20 heavy (non-hydrogen) atoms. The third-order valence-electron chi connectivity index (χ3n) is 3.95. The lowest BCUT2D eigenvalue weighted by molar-refractivity contribution is -0.142. The highest BCUT2D eigenvalue weighted by Gasteiger charge is 2.33. The maximum absolute atomic E-state index is 12.2. The molecule has 5 heteroatoms. The molecule has 0 saturated heterocycles. The minimum Gasteiger partial charge on any atom is -0.479 e. The molecule has 1 aromatic rings. The quantitative estimate of drug-likeness (QED) is 0.897. The van der Waals surface area contributed by atoms with E-state index in [0.717, 1.165) is 19.3 Å². The summed E-state index contributed by atoms with van der Waals surface area (Å²) in [6.07, 6.45) is 2.85. The molecule has 3 atom stereocenters. The molecule has 0 heterocycles. The lowest BCUT2D eigenvalue weighted by Crippen LogP contribution is -2.38. The molecule has 1 fully saturated rings. The molecule has 0 bridgehead atoms. The summed E-state index contributed by atoms with van der Waals surface area (Å²) in [4.78, 5) is 23.6. The number of benzene rings is 1. The van der Waals surface area contributed by atoms with Crippen molar-refractivity contribution in [2.75, 3.05) is 0 Å². The van der Waals surface area contributed by atoms with Crippen LogP contribution in [0.3, 0.4) is 0 Å². The summed E-state index contributed by atoms with van der Waals surface area (Å²) >= 11 is 6.02. The number of carboxylic acids is 1. The van der Waals surface area contributed by atoms with E-state index in [1.807, 2.05) is 6.92 Å². The van der Waals surface area contributed by atoms with Crippen LogP contribution >= 0.6 is 11.6 Å². The number of nitrogens with one attached hydrogen (secondary N) is 1. The highest BCUT2D eigenvalue weighted by Crippen LogP contribution is 2.32. The van der Waals surface area contributed by atoms with Crippen molar-refractivity contribution in [1.29, 1.82) is 0 Å². The summed E-state index contributed by atoms with van der Waals surface area (Å²) in [6, 6.07) is 5.59. The van der Waals surface area contributed by atoms with Crippen molar-refractivity contribution >= 4 is 23.5 Å². The van der Waals surface area contributed by atoms with Gasteiger partial charge in [-0.1, -0.05) is 43.1 Å². The smallest absolute Gasteiger partial charge is 0.330 e. The summed E-state index contributed by atoms with van der Waals surface area (Å²) in [7, 11) is 0. The van der Waals surface area contributed by atoms with Gasteiger partial charge in [0.25, 0.3) is 0 Å². The van der Waals surface area contributed by atoms with E-state index < -0.39 is 12.0 Å². The summed E-state index contributed by atoms with van der Waals surface area (Å²) in [5.74, 6) is -1.09. The van der Waals surface area contributed by atoms with E-state index in [2.05, 4.69) is 5.32 Å². The molecular weight excluding hydrogens is 278 g/mol. The minimum absolute atomic E-state index is 0.0978. The Morgan fingerprint density at radius 2 is 2.05 bits per heavy atom. The average molecular weight is 296 g/mol. The van der Waals surface area contributed by atoms with Gasteiger partial charge in [0.05, 0.1) is 0 Å². The van der Waals surface area contributed by atoms with Gasteiger partial charge in [-0.05, 0) is 24.8 Å². The molecule has 4 nitrogen and oxygen atoms in total. The van der Waals surface area contributed by atoms with Gasteiger partial charge in [0, 0.05) is 16.5 Å². The number of aliphatic carboxylic acids is 1. The molecule has 2 rings (SSSR count). The van der Waals surface area contributed by atoms with Crippen molar-refractivity contribution < 1.29 is 14.7 Å². The van der Waals surface area contributed by atoms with Crippen LogP contribution < -0.4 is 5.32 Å². The number of carbonyl (C=O) groups excluding carboxylic acids is 1. The molecule has 2 unspecified atom stereocenters. The van der Waals surface area contributed by atoms with E-state index in [1.54, 1.807) is 24.3 Å². The Morgan fingerprint density at radius 1 is 1.35 bits per heavy atom. The van der Waals surface area contributed by atoms with Crippen LogP contribution in [-0.4, -0.2) is 17.0 Å². The van der Waals surface area contributed by atoms with Crippen molar-refractivity contribution in [3.05, 3.63) is 34.9 Å². The van der Waals surface area contributed by atoms with Crippen molar-refractivity contribution in [3.63, 3.8) is 0 Å². The second-order valence-corrected chi connectivity index (χ2v) is 5.72. The Kier molecular flexibility index (Phi) is 4.65. The maximum Gasteiger partial charge on any atom is 0.330 e. The zero-order valence-corrected chi connectivity index (χ0v) is 12.1. The van der Waals surface area contributed by atoms with E-state index in [-0.39, 0.29) is 11.8 Å². The molecule has 0 spiro atoms. The van der Waals surface area contributed by atoms with E-state index in [9.17, 15) is 14.7 Å². The first-order chi connectivity index (χ1) is 9.50. The van der Waals surface area contributed by atoms with Crippen LogP contribution in [0.4, 0.5) is 0 Å². The van der Waals surface area contributed by atoms with Gasteiger partial charge in [0.15, 0.2) is 6.04 Å². The molecular formula is C15H18ClNO3. The summed E-state index contributed by atoms with van der Waals surface area (Å²) < 4.78 is 0. The van der Waals surface area contributed by atoms with Gasteiger partial charge in [0.1, 0.15) is 0 Å². The van der Waals surface area contributed by atoms with Crippen LogP contribution in [0.25, 0.3) is 0 Å². The predicted molar refractivity (Wildman–Crippen MR) is 76.5 cm³/mol. The molecule has 1 saturated carbocycles. The van der Waals surface area contributed by atoms with Crippen molar-refractivity contribution in [2.45, 2.75) is 32.2 Å². The normalized spacial score (nSPS) is 23.3.